The number of likely N-dealkylation sites (tertiary alicyclic amines) is 1. The smallest absolute Gasteiger partial charge is 0.345 e. The summed E-state index contributed by atoms with van der Waals surface area (Å²) in [5.41, 5.74) is 0. The van der Waals surface area contributed by atoms with Gasteiger partial charge in [0.25, 0.3) is 0 Å². The fourth-order valence-corrected chi connectivity index (χ4v) is 4.38. The van der Waals surface area contributed by atoms with Gasteiger partial charge in [0.2, 0.25) is 10.0 Å². The first-order chi connectivity index (χ1) is 9.49. The van der Waals surface area contributed by atoms with E-state index in [1.165, 1.54) is 31.4 Å². The molecular formula is C12H18N2O4S2. The minimum Gasteiger partial charge on any atom is -0.477 e. The zero-order valence-electron chi connectivity index (χ0n) is 11.0. The number of piperidine rings is 1. The lowest BCUT2D eigenvalue weighted by molar-refractivity contribution is 0.0702. The molecule has 1 aliphatic rings. The van der Waals surface area contributed by atoms with Crippen LogP contribution in [0.3, 0.4) is 0 Å². The van der Waals surface area contributed by atoms with E-state index >= 15 is 0 Å². The normalized spacial score (nSPS) is 17.2. The van der Waals surface area contributed by atoms with Crippen LogP contribution in [-0.4, -0.2) is 50.6 Å². The van der Waals surface area contributed by atoms with Crippen LogP contribution in [0.4, 0.5) is 0 Å². The highest BCUT2D eigenvalue weighted by molar-refractivity contribution is 7.91. The molecule has 2 heterocycles. The van der Waals surface area contributed by atoms with E-state index < -0.39 is 16.0 Å². The van der Waals surface area contributed by atoms with Gasteiger partial charge in [0, 0.05) is 13.1 Å². The molecule has 0 aliphatic carbocycles. The molecular weight excluding hydrogens is 300 g/mol. The van der Waals surface area contributed by atoms with Crippen LogP contribution in [-0.2, 0) is 10.0 Å². The van der Waals surface area contributed by atoms with Crippen LogP contribution >= 0.6 is 11.3 Å². The molecule has 2 rings (SSSR count). The van der Waals surface area contributed by atoms with Gasteiger partial charge >= 0.3 is 5.97 Å². The molecule has 1 aliphatic heterocycles. The summed E-state index contributed by atoms with van der Waals surface area (Å²) in [4.78, 5) is 13.0. The van der Waals surface area contributed by atoms with Crippen molar-refractivity contribution in [3.8, 4) is 0 Å². The summed E-state index contributed by atoms with van der Waals surface area (Å²) in [6, 6.07) is 2.64. The van der Waals surface area contributed by atoms with Gasteiger partial charge in [-0.15, -0.1) is 11.3 Å². The van der Waals surface area contributed by atoms with Gasteiger partial charge in [-0.25, -0.2) is 17.9 Å². The second kappa shape index (κ2) is 6.66. The predicted octanol–water partition coefficient (Wildman–Crippen LogP) is 1.21. The number of rotatable bonds is 6. The zero-order chi connectivity index (χ0) is 14.6. The number of carbonyl (C=O) groups is 1. The number of carboxylic acids is 1. The van der Waals surface area contributed by atoms with E-state index in [0.29, 0.717) is 13.1 Å². The molecule has 1 aromatic heterocycles. The number of hydrogen-bond donors (Lipinski definition) is 2. The van der Waals surface area contributed by atoms with Crippen LogP contribution < -0.4 is 4.72 Å². The number of nitrogens with zero attached hydrogens (tertiary/aromatic N) is 1. The lowest BCUT2D eigenvalue weighted by atomic mass is 10.1. The lowest BCUT2D eigenvalue weighted by Crippen LogP contribution is -2.37. The summed E-state index contributed by atoms with van der Waals surface area (Å²) < 4.78 is 26.6. The van der Waals surface area contributed by atoms with Gasteiger partial charge in [-0.05, 0) is 38.1 Å². The Morgan fingerprint density at radius 2 is 2.00 bits per heavy atom. The fraction of sp³-hybridized carbons (Fsp3) is 0.583. The Balaban J connectivity index is 1.88. The minimum absolute atomic E-state index is 0.0291. The summed E-state index contributed by atoms with van der Waals surface area (Å²) in [6.45, 7) is 3.08. The van der Waals surface area contributed by atoms with Crippen molar-refractivity contribution in [3.63, 3.8) is 0 Å². The Kier molecular flexibility index (Phi) is 5.14. The lowest BCUT2D eigenvalue weighted by Gasteiger charge is -2.26. The summed E-state index contributed by atoms with van der Waals surface area (Å²) in [5.74, 6) is -1.11. The maximum atomic E-state index is 12.0. The topological polar surface area (TPSA) is 86.7 Å². The van der Waals surface area contributed by atoms with Crippen LogP contribution in [0.5, 0.6) is 0 Å². The van der Waals surface area contributed by atoms with Crippen molar-refractivity contribution in [3.05, 3.63) is 17.0 Å². The van der Waals surface area contributed by atoms with E-state index in [2.05, 4.69) is 9.62 Å². The van der Waals surface area contributed by atoms with Gasteiger partial charge in [0.1, 0.15) is 9.09 Å². The molecule has 1 fully saturated rings. The van der Waals surface area contributed by atoms with Gasteiger partial charge in [0.05, 0.1) is 0 Å². The summed E-state index contributed by atoms with van der Waals surface area (Å²) in [6.07, 6.45) is 3.58. The number of thiophene rings is 1. The fourth-order valence-electron chi connectivity index (χ4n) is 2.17. The predicted molar refractivity (Wildman–Crippen MR) is 76.8 cm³/mol. The largest absolute Gasteiger partial charge is 0.477 e. The SMILES string of the molecule is O=C(O)c1ccc(S(=O)(=O)NCCN2CCCCC2)s1. The first-order valence-corrected chi connectivity index (χ1v) is 8.84. The Morgan fingerprint density at radius 1 is 1.30 bits per heavy atom. The zero-order valence-corrected chi connectivity index (χ0v) is 12.7. The molecule has 20 heavy (non-hydrogen) atoms. The summed E-state index contributed by atoms with van der Waals surface area (Å²) in [5, 5.41) is 8.80. The highest BCUT2D eigenvalue weighted by Gasteiger charge is 2.19. The number of nitrogens with one attached hydrogen (secondary N) is 1. The van der Waals surface area contributed by atoms with Crippen LogP contribution in [0.25, 0.3) is 0 Å². The minimum atomic E-state index is -3.60. The summed E-state index contributed by atoms with van der Waals surface area (Å²) in [7, 11) is -3.60. The van der Waals surface area contributed by atoms with Gasteiger partial charge in [-0.1, -0.05) is 6.42 Å². The van der Waals surface area contributed by atoms with E-state index in [0.717, 1.165) is 24.4 Å². The monoisotopic (exact) mass is 318 g/mol. The molecule has 0 spiro atoms. The van der Waals surface area contributed by atoms with E-state index in [1.54, 1.807) is 0 Å². The van der Waals surface area contributed by atoms with Gasteiger partial charge in [-0.2, -0.15) is 0 Å². The molecule has 1 aromatic rings. The van der Waals surface area contributed by atoms with E-state index in [9.17, 15) is 13.2 Å². The average molecular weight is 318 g/mol. The Bertz CT molecular complexity index is 562. The van der Waals surface area contributed by atoms with Crippen molar-refractivity contribution in [2.24, 2.45) is 0 Å². The first kappa shape index (κ1) is 15.4. The van der Waals surface area contributed by atoms with Crippen molar-refractivity contribution >= 4 is 27.3 Å². The van der Waals surface area contributed by atoms with E-state index in [-0.39, 0.29) is 9.09 Å². The molecule has 0 amide bonds. The Labute approximate surface area is 122 Å². The van der Waals surface area contributed by atoms with E-state index in [1.807, 2.05) is 0 Å². The van der Waals surface area contributed by atoms with Crippen LogP contribution in [0, 0.1) is 0 Å². The van der Waals surface area contributed by atoms with Crippen LogP contribution in [0.15, 0.2) is 16.3 Å². The maximum Gasteiger partial charge on any atom is 0.345 e. The second-order valence-corrected chi connectivity index (χ2v) is 7.80. The van der Waals surface area contributed by atoms with Crippen molar-refractivity contribution in [2.45, 2.75) is 23.5 Å². The molecule has 2 N–H and O–H groups in total. The van der Waals surface area contributed by atoms with Gasteiger partial charge in [0.15, 0.2) is 0 Å². The highest BCUT2D eigenvalue weighted by Crippen LogP contribution is 2.21. The molecule has 1 saturated heterocycles. The third-order valence-corrected chi connectivity index (χ3v) is 6.25. The molecule has 0 unspecified atom stereocenters. The molecule has 0 saturated carbocycles. The third kappa shape index (κ3) is 4.02. The maximum absolute atomic E-state index is 12.0. The first-order valence-electron chi connectivity index (χ1n) is 6.54. The van der Waals surface area contributed by atoms with Crippen LogP contribution in [0.1, 0.15) is 28.9 Å². The van der Waals surface area contributed by atoms with Crippen molar-refractivity contribution in [1.29, 1.82) is 0 Å². The Morgan fingerprint density at radius 3 is 2.60 bits per heavy atom. The number of hydrogen-bond acceptors (Lipinski definition) is 5. The molecule has 0 bridgehead atoms. The number of carboxylic acid groups (broad SMARTS) is 1. The standard InChI is InChI=1S/C12H18N2O4S2/c15-12(16)10-4-5-11(19-10)20(17,18)13-6-9-14-7-2-1-3-8-14/h4-5,13H,1-3,6-9H2,(H,15,16). The average Bonchev–Trinajstić information content (AvgIpc) is 2.90. The van der Waals surface area contributed by atoms with Crippen molar-refractivity contribution in [1.82, 2.24) is 9.62 Å². The molecule has 6 nitrogen and oxygen atoms in total. The summed E-state index contributed by atoms with van der Waals surface area (Å²) >= 11 is 0.770. The number of aromatic carboxylic acids is 1. The van der Waals surface area contributed by atoms with Crippen molar-refractivity contribution < 1.29 is 18.3 Å². The quantitative estimate of drug-likeness (QED) is 0.823. The molecule has 0 atom stereocenters. The highest BCUT2D eigenvalue weighted by atomic mass is 32.2. The number of sulfonamides is 1. The second-order valence-electron chi connectivity index (χ2n) is 4.72. The van der Waals surface area contributed by atoms with Crippen LogP contribution in [0.2, 0.25) is 0 Å². The van der Waals surface area contributed by atoms with Gasteiger partial charge < -0.3 is 10.0 Å². The van der Waals surface area contributed by atoms with Gasteiger partial charge in [-0.3, -0.25) is 0 Å². The molecule has 112 valence electrons. The van der Waals surface area contributed by atoms with E-state index in [4.69, 9.17) is 5.11 Å². The third-order valence-electron chi connectivity index (χ3n) is 3.23. The molecule has 8 heteroatoms. The molecule has 0 radical (unpaired) electrons. The Hall–Kier alpha value is -0.960. The van der Waals surface area contributed by atoms with Crippen molar-refractivity contribution in [2.75, 3.05) is 26.2 Å². The molecule has 0 aromatic carbocycles.